The van der Waals surface area contributed by atoms with Crippen LogP contribution >= 0.6 is 0 Å². The molecule has 0 aromatic heterocycles. The lowest BCUT2D eigenvalue weighted by Crippen LogP contribution is -2.46. The number of rotatable bonds is 13. The molecule has 0 bridgehead atoms. The third-order valence-electron chi connectivity index (χ3n) is 7.77. The first-order valence-electron chi connectivity index (χ1n) is 14.3. The van der Waals surface area contributed by atoms with E-state index in [2.05, 4.69) is 61.6 Å². The molecule has 1 aliphatic carbocycles. The van der Waals surface area contributed by atoms with Crippen molar-refractivity contribution in [1.29, 1.82) is 0 Å². The lowest BCUT2D eigenvalue weighted by molar-refractivity contribution is -0.0219. The Labute approximate surface area is 241 Å². The minimum Gasteiger partial charge on any atom is -0.496 e. The normalized spacial score (nSPS) is 15.0. The van der Waals surface area contributed by atoms with E-state index in [1.165, 1.54) is 16.3 Å². The van der Waals surface area contributed by atoms with E-state index in [0.717, 1.165) is 41.7 Å². The molecule has 1 aliphatic rings. The summed E-state index contributed by atoms with van der Waals surface area (Å²) in [5.41, 5.74) is 3.93. The van der Waals surface area contributed by atoms with E-state index in [0.29, 0.717) is 12.5 Å². The summed E-state index contributed by atoms with van der Waals surface area (Å²) in [6.45, 7) is 4.91. The van der Waals surface area contributed by atoms with Crippen LogP contribution < -0.4 is 10.1 Å². The van der Waals surface area contributed by atoms with Crippen molar-refractivity contribution in [3.63, 3.8) is 0 Å². The number of aromatic carboxylic acids is 1. The molecule has 2 atom stereocenters. The largest absolute Gasteiger partial charge is 0.496 e. The number of hydrogen-bond acceptors (Lipinski definition) is 5. The van der Waals surface area contributed by atoms with E-state index in [9.17, 15) is 15.0 Å². The highest BCUT2D eigenvalue weighted by Gasteiger charge is 2.35. The molecule has 6 heteroatoms. The molecule has 41 heavy (non-hydrogen) atoms. The first-order valence-corrected chi connectivity index (χ1v) is 14.3. The smallest absolute Gasteiger partial charge is 0.335 e. The number of ether oxygens (including phenoxy) is 2. The lowest BCUT2D eigenvalue weighted by Gasteiger charge is -2.29. The standard InChI is InChI=1S/C35H39NO5/c1-35(2,20-23-11-12-24-7-4-5-8-26(24)17-23)36-21-30(37)22-41-33(25-13-14-25)31-19-28(15-16-32(31)40-3)27-9-6-10-29(18-27)34(38)39/h4-12,15-19,25,30,33,36-37H,13-14,20-22H2,1-3H3,(H,38,39)/t30-,33?/m1/s1. The van der Waals surface area contributed by atoms with E-state index in [1.807, 2.05) is 24.3 Å². The number of benzene rings is 4. The number of β-amino-alcohol motifs (C(OH)–C–C–N with tert-alkyl or cyclic N) is 1. The molecule has 0 radical (unpaired) electrons. The van der Waals surface area contributed by atoms with Crippen LogP contribution in [0, 0.1) is 5.92 Å². The van der Waals surface area contributed by atoms with Gasteiger partial charge in [-0.05, 0) is 90.8 Å². The van der Waals surface area contributed by atoms with Gasteiger partial charge in [0.25, 0.3) is 0 Å². The van der Waals surface area contributed by atoms with E-state index >= 15 is 0 Å². The van der Waals surface area contributed by atoms with Crippen LogP contribution in [0.4, 0.5) is 0 Å². The number of hydrogen-bond donors (Lipinski definition) is 3. The molecular weight excluding hydrogens is 514 g/mol. The van der Waals surface area contributed by atoms with Crippen molar-refractivity contribution in [3.05, 3.63) is 102 Å². The van der Waals surface area contributed by atoms with Crippen LogP contribution in [0.5, 0.6) is 5.75 Å². The summed E-state index contributed by atoms with van der Waals surface area (Å²) in [4.78, 5) is 11.5. The fraction of sp³-hybridized carbons (Fsp3) is 0.343. The summed E-state index contributed by atoms with van der Waals surface area (Å²) in [6, 6.07) is 27.7. The molecule has 0 amide bonds. The Morgan fingerprint density at radius 2 is 1.71 bits per heavy atom. The maximum absolute atomic E-state index is 11.5. The van der Waals surface area contributed by atoms with Crippen molar-refractivity contribution in [2.75, 3.05) is 20.3 Å². The summed E-state index contributed by atoms with van der Waals surface area (Å²) < 4.78 is 12.1. The van der Waals surface area contributed by atoms with Crippen LogP contribution in [-0.4, -0.2) is 48.1 Å². The zero-order valence-corrected chi connectivity index (χ0v) is 24.0. The molecule has 0 saturated heterocycles. The van der Waals surface area contributed by atoms with Crippen molar-refractivity contribution in [3.8, 4) is 16.9 Å². The van der Waals surface area contributed by atoms with Gasteiger partial charge in [0.15, 0.2) is 0 Å². The molecular formula is C35H39NO5. The second kappa shape index (κ2) is 12.4. The molecule has 214 valence electrons. The van der Waals surface area contributed by atoms with Crippen LogP contribution in [0.3, 0.4) is 0 Å². The number of carbonyl (C=O) groups is 1. The van der Waals surface area contributed by atoms with Crippen LogP contribution in [0.1, 0.15) is 54.3 Å². The third kappa shape index (κ3) is 7.33. The van der Waals surface area contributed by atoms with Gasteiger partial charge in [-0.1, -0.05) is 60.7 Å². The Morgan fingerprint density at radius 3 is 2.44 bits per heavy atom. The highest BCUT2D eigenvalue weighted by Crippen LogP contribution is 2.46. The monoisotopic (exact) mass is 553 g/mol. The molecule has 4 aromatic carbocycles. The number of methoxy groups -OCH3 is 1. The number of carboxylic acid groups (broad SMARTS) is 1. The predicted octanol–water partition coefficient (Wildman–Crippen LogP) is 6.65. The zero-order valence-electron chi connectivity index (χ0n) is 24.0. The van der Waals surface area contributed by atoms with Gasteiger partial charge in [0, 0.05) is 17.6 Å². The second-order valence-corrected chi connectivity index (χ2v) is 11.7. The minimum absolute atomic E-state index is 0.197. The van der Waals surface area contributed by atoms with Crippen molar-refractivity contribution < 1.29 is 24.5 Å². The quantitative estimate of drug-likeness (QED) is 0.172. The molecule has 0 aliphatic heterocycles. The fourth-order valence-electron chi connectivity index (χ4n) is 5.44. The first kappa shape index (κ1) is 28.8. The summed E-state index contributed by atoms with van der Waals surface area (Å²) in [5, 5.41) is 26.3. The highest BCUT2D eigenvalue weighted by atomic mass is 16.5. The average molecular weight is 554 g/mol. The van der Waals surface area contributed by atoms with E-state index in [4.69, 9.17) is 9.47 Å². The van der Waals surface area contributed by atoms with Crippen molar-refractivity contribution in [1.82, 2.24) is 5.32 Å². The molecule has 6 nitrogen and oxygen atoms in total. The van der Waals surface area contributed by atoms with Crippen LogP contribution in [0.25, 0.3) is 21.9 Å². The second-order valence-electron chi connectivity index (χ2n) is 11.7. The maximum atomic E-state index is 11.5. The Bertz CT molecular complexity index is 1510. The molecule has 1 unspecified atom stereocenters. The number of fused-ring (bicyclic) bond motifs is 1. The number of aliphatic hydroxyl groups excluding tert-OH is 1. The number of nitrogens with one attached hydrogen (secondary N) is 1. The van der Waals surface area contributed by atoms with Gasteiger partial charge in [0.2, 0.25) is 0 Å². The minimum atomic E-state index is -0.956. The Balaban J connectivity index is 1.23. The molecule has 4 aromatic rings. The fourth-order valence-corrected chi connectivity index (χ4v) is 5.44. The van der Waals surface area contributed by atoms with Gasteiger partial charge >= 0.3 is 5.97 Å². The van der Waals surface area contributed by atoms with Gasteiger partial charge in [-0.3, -0.25) is 0 Å². The van der Waals surface area contributed by atoms with E-state index < -0.39 is 12.1 Å². The average Bonchev–Trinajstić information content (AvgIpc) is 3.81. The molecule has 5 rings (SSSR count). The van der Waals surface area contributed by atoms with Crippen molar-refractivity contribution >= 4 is 16.7 Å². The summed E-state index contributed by atoms with van der Waals surface area (Å²) >= 11 is 0. The number of carboxylic acids is 1. The van der Waals surface area contributed by atoms with Gasteiger partial charge in [-0.2, -0.15) is 0 Å². The van der Waals surface area contributed by atoms with E-state index in [-0.39, 0.29) is 23.8 Å². The summed E-state index contributed by atoms with van der Waals surface area (Å²) in [6.07, 6.45) is 2.06. The van der Waals surface area contributed by atoms with Crippen molar-refractivity contribution in [2.45, 2.75) is 50.9 Å². The Hall–Kier alpha value is -3.71. The molecule has 3 N–H and O–H groups in total. The molecule has 0 spiro atoms. The zero-order chi connectivity index (χ0) is 29.0. The first-order chi connectivity index (χ1) is 19.7. The Morgan fingerprint density at radius 1 is 0.951 bits per heavy atom. The maximum Gasteiger partial charge on any atom is 0.335 e. The third-order valence-corrected chi connectivity index (χ3v) is 7.77. The van der Waals surface area contributed by atoms with Crippen LogP contribution in [0.15, 0.2) is 84.9 Å². The number of aliphatic hydroxyl groups is 1. The lowest BCUT2D eigenvalue weighted by atomic mass is 9.93. The van der Waals surface area contributed by atoms with Crippen LogP contribution in [-0.2, 0) is 11.2 Å². The summed E-state index contributed by atoms with van der Waals surface area (Å²) in [7, 11) is 1.64. The molecule has 1 fully saturated rings. The molecule has 0 heterocycles. The van der Waals surface area contributed by atoms with E-state index in [1.54, 1.807) is 25.3 Å². The van der Waals surface area contributed by atoms with Gasteiger partial charge in [-0.15, -0.1) is 0 Å². The summed E-state index contributed by atoms with van der Waals surface area (Å²) in [5.74, 6) is 0.126. The topological polar surface area (TPSA) is 88.0 Å². The van der Waals surface area contributed by atoms with Gasteiger partial charge in [0.05, 0.1) is 31.5 Å². The van der Waals surface area contributed by atoms with Gasteiger partial charge in [-0.25, -0.2) is 4.79 Å². The Kier molecular flexibility index (Phi) is 8.74. The van der Waals surface area contributed by atoms with Crippen molar-refractivity contribution in [2.24, 2.45) is 5.92 Å². The van der Waals surface area contributed by atoms with Crippen LogP contribution in [0.2, 0.25) is 0 Å². The SMILES string of the molecule is COc1ccc(-c2cccc(C(=O)O)c2)cc1C(OC[C@H](O)CNC(C)(C)Cc1ccc2ccccc2c1)C1CC1. The molecule has 1 saturated carbocycles. The predicted molar refractivity (Wildman–Crippen MR) is 163 cm³/mol. The van der Waals surface area contributed by atoms with Gasteiger partial charge < -0.3 is 25.0 Å². The highest BCUT2D eigenvalue weighted by molar-refractivity contribution is 5.89. The van der Waals surface area contributed by atoms with Gasteiger partial charge in [0.1, 0.15) is 5.75 Å².